The van der Waals surface area contributed by atoms with E-state index < -0.39 is 0 Å². The molecule has 1 atom stereocenters. The molecule has 1 saturated heterocycles. The van der Waals surface area contributed by atoms with Gasteiger partial charge < -0.3 is 14.1 Å². The fourth-order valence-electron chi connectivity index (χ4n) is 2.49. The summed E-state index contributed by atoms with van der Waals surface area (Å²) in [5.41, 5.74) is 0.746. The molecule has 3 aromatic heterocycles. The van der Waals surface area contributed by atoms with Crippen LogP contribution in [0.15, 0.2) is 35.3 Å². The third kappa shape index (κ3) is 1.83. The summed E-state index contributed by atoms with van der Waals surface area (Å²) < 4.78 is 11.2. The summed E-state index contributed by atoms with van der Waals surface area (Å²) in [7, 11) is 0. The highest BCUT2D eigenvalue weighted by Crippen LogP contribution is 2.28. The van der Waals surface area contributed by atoms with Gasteiger partial charge in [0.15, 0.2) is 5.65 Å². The van der Waals surface area contributed by atoms with Crippen LogP contribution in [0.4, 0.5) is 5.82 Å². The Hall–Kier alpha value is -2.41. The normalized spacial score (nSPS) is 19.6. The van der Waals surface area contributed by atoms with Gasteiger partial charge in [-0.25, -0.2) is 9.97 Å². The maximum absolute atomic E-state index is 5.77. The van der Waals surface area contributed by atoms with Crippen LogP contribution in [0.25, 0.3) is 11.0 Å². The molecule has 3 aromatic rings. The van der Waals surface area contributed by atoms with E-state index in [0.29, 0.717) is 13.2 Å². The molecule has 1 aliphatic heterocycles. The van der Waals surface area contributed by atoms with E-state index in [1.165, 1.54) is 0 Å². The lowest BCUT2D eigenvalue weighted by molar-refractivity contribution is 0.0256. The molecule has 7 heteroatoms. The molecular formula is C13H13N5O2. The summed E-state index contributed by atoms with van der Waals surface area (Å²) in [6.07, 6.45) is 4.89. The molecule has 0 radical (unpaired) electrons. The van der Waals surface area contributed by atoms with Gasteiger partial charge in [0, 0.05) is 6.54 Å². The van der Waals surface area contributed by atoms with Crippen LogP contribution in [-0.4, -0.2) is 39.9 Å². The molecule has 0 bridgehead atoms. The number of anilines is 1. The number of hydrogen-bond acceptors (Lipinski definition) is 6. The van der Waals surface area contributed by atoms with Gasteiger partial charge in [-0.15, -0.1) is 0 Å². The Morgan fingerprint density at radius 3 is 3.25 bits per heavy atom. The Balaban J connectivity index is 1.66. The molecule has 0 saturated carbocycles. The van der Waals surface area contributed by atoms with Gasteiger partial charge >= 0.3 is 0 Å². The van der Waals surface area contributed by atoms with Crippen molar-refractivity contribution in [3.05, 3.63) is 36.7 Å². The van der Waals surface area contributed by atoms with E-state index in [4.69, 9.17) is 9.15 Å². The van der Waals surface area contributed by atoms with Crippen molar-refractivity contribution in [1.29, 1.82) is 0 Å². The van der Waals surface area contributed by atoms with Gasteiger partial charge in [-0.05, 0) is 12.1 Å². The number of nitrogens with zero attached hydrogens (tertiary/aromatic N) is 4. The fraction of sp³-hybridized carbons (Fsp3) is 0.308. The van der Waals surface area contributed by atoms with Crippen molar-refractivity contribution in [2.75, 3.05) is 24.6 Å². The molecule has 20 heavy (non-hydrogen) atoms. The molecule has 1 fully saturated rings. The van der Waals surface area contributed by atoms with Crippen molar-refractivity contribution in [1.82, 2.24) is 20.2 Å². The van der Waals surface area contributed by atoms with Crippen LogP contribution >= 0.6 is 0 Å². The lowest BCUT2D eigenvalue weighted by Crippen LogP contribution is -2.38. The smallest absolute Gasteiger partial charge is 0.160 e. The number of fused-ring (bicyclic) bond motifs is 1. The highest BCUT2D eigenvalue weighted by atomic mass is 16.5. The topological polar surface area (TPSA) is 80.1 Å². The van der Waals surface area contributed by atoms with E-state index in [-0.39, 0.29) is 6.10 Å². The first-order valence-corrected chi connectivity index (χ1v) is 6.46. The molecule has 1 unspecified atom stereocenters. The zero-order chi connectivity index (χ0) is 13.4. The van der Waals surface area contributed by atoms with E-state index in [2.05, 4.69) is 25.1 Å². The third-order valence-electron chi connectivity index (χ3n) is 3.45. The fourth-order valence-corrected chi connectivity index (χ4v) is 2.49. The van der Waals surface area contributed by atoms with Crippen LogP contribution in [-0.2, 0) is 4.74 Å². The van der Waals surface area contributed by atoms with Crippen LogP contribution in [0.1, 0.15) is 11.9 Å². The number of aromatic nitrogens is 4. The van der Waals surface area contributed by atoms with Crippen molar-refractivity contribution in [2.24, 2.45) is 0 Å². The number of ether oxygens (including phenoxy) is 1. The van der Waals surface area contributed by atoms with Crippen molar-refractivity contribution in [2.45, 2.75) is 6.10 Å². The quantitative estimate of drug-likeness (QED) is 0.761. The molecular weight excluding hydrogens is 258 g/mol. The van der Waals surface area contributed by atoms with Gasteiger partial charge in [0.25, 0.3) is 0 Å². The molecule has 0 aromatic carbocycles. The van der Waals surface area contributed by atoms with E-state index in [9.17, 15) is 0 Å². The van der Waals surface area contributed by atoms with Gasteiger partial charge in [0.05, 0.1) is 31.0 Å². The second kappa shape index (κ2) is 4.61. The van der Waals surface area contributed by atoms with E-state index in [1.807, 2.05) is 12.1 Å². The number of H-pyrrole nitrogens is 1. The van der Waals surface area contributed by atoms with E-state index in [0.717, 1.165) is 29.2 Å². The summed E-state index contributed by atoms with van der Waals surface area (Å²) >= 11 is 0. The van der Waals surface area contributed by atoms with Crippen LogP contribution in [0.3, 0.4) is 0 Å². The zero-order valence-corrected chi connectivity index (χ0v) is 10.7. The maximum Gasteiger partial charge on any atom is 0.160 e. The molecule has 7 nitrogen and oxygen atoms in total. The number of aromatic amines is 1. The first kappa shape index (κ1) is 11.4. The number of hydrogen-bond donors (Lipinski definition) is 1. The lowest BCUT2D eigenvalue weighted by atomic mass is 10.2. The molecule has 0 spiro atoms. The predicted molar refractivity (Wildman–Crippen MR) is 71.3 cm³/mol. The van der Waals surface area contributed by atoms with Crippen molar-refractivity contribution >= 4 is 16.9 Å². The summed E-state index contributed by atoms with van der Waals surface area (Å²) in [6.45, 7) is 2.12. The number of rotatable bonds is 2. The van der Waals surface area contributed by atoms with Crippen LogP contribution in [0.5, 0.6) is 0 Å². The molecule has 4 rings (SSSR count). The molecule has 1 aliphatic rings. The largest absolute Gasteiger partial charge is 0.467 e. The monoisotopic (exact) mass is 271 g/mol. The number of nitrogens with one attached hydrogen (secondary N) is 1. The van der Waals surface area contributed by atoms with Gasteiger partial charge in [-0.3, -0.25) is 5.10 Å². The Bertz CT molecular complexity index is 708. The van der Waals surface area contributed by atoms with Gasteiger partial charge in [0.2, 0.25) is 0 Å². The highest BCUT2D eigenvalue weighted by Gasteiger charge is 2.26. The number of furan rings is 1. The summed E-state index contributed by atoms with van der Waals surface area (Å²) in [4.78, 5) is 10.7. The van der Waals surface area contributed by atoms with Gasteiger partial charge in [0.1, 0.15) is 24.0 Å². The maximum atomic E-state index is 5.77. The minimum atomic E-state index is -0.0735. The SMILES string of the molecule is c1coc(C2CN(c3ncnc4[nH]ncc34)CCO2)c1. The minimum absolute atomic E-state index is 0.0735. The van der Waals surface area contributed by atoms with Crippen LogP contribution in [0.2, 0.25) is 0 Å². The van der Waals surface area contributed by atoms with E-state index in [1.54, 1.807) is 18.8 Å². The minimum Gasteiger partial charge on any atom is -0.467 e. The van der Waals surface area contributed by atoms with Crippen molar-refractivity contribution < 1.29 is 9.15 Å². The average Bonchev–Trinajstić information content (AvgIpc) is 3.18. The Kier molecular flexibility index (Phi) is 2.63. The Labute approximate surface area is 114 Å². The molecule has 4 heterocycles. The van der Waals surface area contributed by atoms with Crippen molar-refractivity contribution in [3.63, 3.8) is 0 Å². The Morgan fingerprint density at radius 2 is 2.35 bits per heavy atom. The first-order chi connectivity index (χ1) is 9.92. The van der Waals surface area contributed by atoms with Gasteiger partial charge in [-0.1, -0.05) is 0 Å². The Morgan fingerprint density at radius 1 is 1.35 bits per heavy atom. The number of morpholine rings is 1. The average molecular weight is 271 g/mol. The lowest BCUT2D eigenvalue weighted by Gasteiger charge is -2.32. The van der Waals surface area contributed by atoms with E-state index >= 15 is 0 Å². The second-order valence-electron chi connectivity index (χ2n) is 4.65. The second-order valence-corrected chi connectivity index (χ2v) is 4.65. The standard InChI is InChI=1S/C13H13N5O2/c1-2-10(19-4-1)11-7-18(3-5-20-11)13-9-6-16-17-12(9)14-8-15-13/h1-2,4,6,8,11H,3,5,7H2,(H,14,15,16,17). The molecule has 1 N–H and O–H groups in total. The zero-order valence-electron chi connectivity index (χ0n) is 10.7. The van der Waals surface area contributed by atoms with Crippen molar-refractivity contribution in [3.8, 4) is 0 Å². The first-order valence-electron chi connectivity index (χ1n) is 6.46. The summed E-state index contributed by atoms with van der Waals surface area (Å²) in [6, 6.07) is 3.80. The summed E-state index contributed by atoms with van der Waals surface area (Å²) in [5.74, 6) is 1.72. The predicted octanol–water partition coefficient (Wildman–Crippen LogP) is 1.52. The van der Waals surface area contributed by atoms with Gasteiger partial charge in [-0.2, -0.15) is 5.10 Å². The third-order valence-corrected chi connectivity index (χ3v) is 3.45. The molecule has 0 amide bonds. The molecule has 102 valence electrons. The summed E-state index contributed by atoms with van der Waals surface area (Å²) in [5, 5.41) is 7.81. The van der Waals surface area contributed by atoms with Crippen LogP contribution < -0.4 is 4.90 Å². The van der Waals surface area contributed by atoms with Crippen LogP contribution in [0, 0.1) is 0 Å². The molecule has 0 aliphatic carbocycles. The highest BCUT2D eigenvalue weighted by molar-refractivity contribution is 5.86.